The van der Waals surface area contributed by atoms with E-state index in [1.54, 1.807) is 0 Å². The van der Waals surface area contributed by atoms with E-state index in [4.69, 9.17) is 14.2 Å². The van der Waals surface area contributed by atoms with Crippen molar-refractivity contribution >= 4 is 0 Å². The lowest BCUT2D eigenvalue weighted by Gasteiger charge is -2.24. The summed E-state index contributed by atoms with van der Waals surface area (Å²) in [4.78, 5) is 1.97. The lowest BCUT2D eigenvalue weighted by Crippen LogP contribution is -2.39. The Hall–Kier alpha value is -0.200. The zero-order chi connectivity index (χ0) is 11.2. The van der Waals surface area contributed by atoms with E-state index in [2.05, 4.69) is 0 Å². The summed E-state index contributed by atoms with van der Waals surface area (Å²) in [5, 5.41) is 9.98. The third-order valence-electron chi connectivity index (χ3n) is 2.66. The van der Waals surface area contributed by atoms with Gasteiger partial charge >= 0.3 is 0 Å². The minimum Gasteiger partial charge on any atom is -0.387 e. The first-order valence-electron chi connectivity index (χ1n) is 5.23. The molecule has 4 atom stereocenters. The highest BCUT2D eigenvalue weighted by atomic mass is 16.8. The SMILES string of the molecule is CN(C)C[C@H]1O[C@@H]2OC(C)(C)O[C@H]2[C@@H]1O. The predicted molar refractivity (Wildman–Crippen MR) is 53.3 cm³/mol. The fourth-order valence-corrected chi connectivity index (χ4v) is 2.07. The van der Waals surface area contributed by atoms with Crippen LogP contribution >= 0.6 is 0 Å². The molecule has 2 aliphatic rings. The number of nitrogens with zero attached hydrogens (tertiary/aromatic N) is 1. The molecule has 0 aliphatic carbocycles. The van der Waals surface area contributed by atoms with Crippen molar-refractivity contribution in [3.8, 4) is 0 Å². The Kier molecular flexibility index (Phi) is 2.77. The molecule has 5 heteroatoms. The van der Waals surface area contributed by atoms with Gasteiger partial charge in [-0.1, -0.05) is 0 Å². The zero-order valence-corrected chi connectivity index (χ0v) is 9.64. The van der Waals surface area contributed by atoms with Gasteiger partial charge in [0.25, 0.3) is 0 Å². The van der Waals surface area contributed by atoms with Crippen molar-refractivity contribution in [2.45, 2.75) is 44.2 Å². The van der Waals surface area contributed by atoms with E-state index in [1.165, 1.54) is 0 Å². The fraction of sp³-hybridized carbons (Fsp3) is 1.00. The topological polar surface area (TPSA) is 51.2 Å². The molecule has 0 radical (unpaired) electrons. The summed E-state index contributed by atoms with van der Waals surface area (Å²) in [5.41, 5.74) is 0. The van der Waals surface area contributed by atoms with E-state index >= 15 is 0 Å². The van der Waals surface area contributed by atoms with Crippen LogP contribution in [0.15, 0.2) is 0 Å². The molecule has 0 aromatic carbocycles. The molecule has 15 heavy (non-hydrogen) atoms. The second-order valence-corrected chi connectivity index (χ2v) is 4.90. The van der Waals surface area contributed by atoms with Gasteiger partial charge in [0.15, 0.2) is 12.1 Å². The van der Waals surface area contributed by atoms with E-state index < -0.39 is 18.2 Å². The second-order valence-electron chi connectivity index (χ2n) is 4.90. The summed E-state index contributed by atoms with van der Waals surface area (Å²) in [6.07, 6.45) is -1.63. The summed E-state index contributed by atoms with van der Waals surface area (Å²) in [7, 11) is 3.88. The van der Waals surface area contributed by atoms with Gasteiger partial charge < -0.3 is 24.2 Å². The van der Waals surface area contributed by atoms with Crippen molar-refractivity contribution in [2.24, 2.45) is 0 Å². The molecular weight excluding hydrogens is 198 g/mol. The molecule has 0 bridgehead atoms. The molecule has 0 aromatic rings. The van der Waals surface area contributed by atoms with Crippen molar-refractivity contribution in [3.63, 3.8) is 0 Å². The number of likely N-dealkylation sites (N-methyl/N-ethyl adjacent to an activating group) is 1. The van der Waals surface area contributed by atoms with Crippen LogP contribution in [0.4, 0.5) is 0 Å². The van der Waals surface area contributed by atoms with Gasteiger partial charge in [-0.05, 0) is 27.9 Å². The number of aliphatic hydroxyl groups is 1. The highest BCUT2D eigenvalue weighted by molar-refractivity contribution is 4.93. The summed E-state index contributed by atoms with van der Waals surface area (Å²) in [6, 6.07) is 0. The highest BCUT2D eigenvalue weighted by Gasteiger charge is 2.54. The molecule has 2 aliphatic heterocycles. The molecule has 0 saturated carbocycles. The Morgan fingerprint density at radius 1 is 1.27 bits per heavy atom. The Balaban J connectivity index is 1.99. The molecule has 0 unspecified atom stereocenters. The van der Waals surface area contributed by atoms with Crippen LogP contribution in [0.2, 0.25) is 0 Å². The minimum atomic E-state index is -0.653. The van der Waals surface area contributed by atoms with Gasteiger partial charge in [-0.2, -0.15) is 0 Å². The molecule has 2 fully saturated rings. The van der Waals surface area contributed by atoms with Gasteiger partial charge in [0.05, 0.1) is 0 Å². The molecular formula is C10H19NO4. The van der Waals surface area contributed by atoms with Crippen LogP contribution in [-0.4, -0.2) is 61.0 Å². The lowest BCUT2D eigenvalue weighted by molar-refractivity contribution is -0.215. The third-order valence-corrected chi connectivity index (χ3v) is 2.66. The van der Waals surface area contributed by atoms with Gasteiger partial charge in [-0.3, -0.25) is 0 Å². The molecule has 88 valence electrons. The van der Waals surface area contributed by atoms with E-state index in [1.807, 2.05) is 32.8 Å². The van der Waals surface area contributed by atoms with Gasteiger partial charge in [0.1, 0.15) is 18.3 Å². The second kappa shape index (κ2) is 3.68. The van der Waals surface area contributed by atoms with Crippen LogP contribution in [0.3, 0.4) is 0 Å². The summed E-state index contributed by atoms with van der Waals surface area (Å²) < 4.78 is 16.7. The summed E-state index contributed by atoms with van der Waals surface area (Å²) in [5.74, 6) is -0.653. The quantitative estimate of drug-likeness (QED) is 0.693. The van der Waals surface area contributed by atoms with Gasteiger partial charge in [0.2, 0.25) is 0 Å². The van der Waals surface area contributed by atoms with Crippen LogP contribution in [0.25, 0.3) is 0 Å². The van der Waals surface area contributed by atoms with E-state index in [9.17, 15) is 5.11 Å². The largest absolute Gasteiger partial charge is 0.387 e. The molecule has 2 rings (SSSR count). The predicted octanol–water partition coefficient (Wildman–Crippen LogP) is -0.215. The maximum absolute atomic E-state index is 9.98. The normalized spacial score (nSPS) is 43.6. The average molecular weight is 217 g/mol. The van der Waals surface area contributed by atoms with E-state index in [0.29, 0.717) is 6.54 Å². The van der Waals surface area contributed by atoms with Crippen LogP contribution in [0, 0.1) is 0 Å². The Bertz CT molecular complexity index is 244. The highest BCUT2D eigenvalue weighted by Crippen LogP contribution is 2.37. The van der Waals surface area contributed by atoms with Gasteiger partial charge in [-0.25, -0.2) is 0 Å². The molecule has 0 amide bonds. The van der Waals surface area contributed by atoms with Crippen molar-refractivity contribution in [3.05, 3.63) is 0 Å². The van der Waals surface area contributed by atoms with Crippen molar-refractivity contribution in [2.75, 3.05) is 20.6 Å². The zero-order valence-electron chi connectivity index (χ0n) is 9.64. The number of hydrogen-bond acceptors (Lipinski definition) is 5. The van der Waals surface area contributed by atoms with Crippen molar-refractivity contribution < 1.29 is 19.3 Å². The summed E-state index contributed by atoms with van der Waals surface area (Å²) in [6.45, 7) is 4.31. The minimum absolute atomic E-state index is 0.230. The van der Waals surface area contributed by atoms with Crippen molar-refractivity contribution in [1.82, 2.24) is 4.90 Å². The van der Waals surface area contributed by atoms with E-state index in [-0.39, 0.29) is 12.2 Å². The van der Waals surface area contributed by atoms with Gasteiger partial charge in [-0.15, -0.1) is 0 Å². The fourth-order valence-electron chi connectivity index (χ4n) is 2.07. The Labute approximate surface area is 89.9 Å². The number of rotatable bonds is 2. The molecule has 0 spiro atoms. The number of hydrogen-bond donors (Lipinski definition) is 1. The number of ether oxygens (including phenoxy) is 3. The molecule has 5 nitrogen and oxygen atoms in total. The lowest BCUT2D eigenvalue weighted by atomic mass is 10.1. The Morgan fingerprint density at radius 2 is 1.93 bits per heavy atom. The van der Waals surface area contributed by atoms with E-state index in [0.717, 1.165) is 0 Å². The number of fused-ring (bicyclic) bond motifs is 1. The van der Waals surface area contributed by atoms with Crippen LogP contribution in [0.1, 0.15) is 13.8 Å². The van der Waals surface area contributed by atoms with Crippen LogP contribution < -0.4 is 0 Å². The molecule has 2 heterocycles. The summed E-state index contributed by atoms with van der Waals surface area (Å²) >= 11 is 0. The monoisotopic (exact) mass is 217 g/mol. The maximum atomic E-state index is 9.98. The smallest absolute Gasteiger partial charge is 0.190 e. The van der Waals surface area contributed by atoms with Crippen LogP contribution in [-0.2, 0) is 14.2 Å². The number of aliphatic hydroxyl groups excluding tert-OH is 1. The third kappa shape index (κ3) is 2.16. The van der Waals surface area contributed by atoms with Crippen molar-refractivity contribution in [1.29, 1.82) is 0 Å². The standard InChI is InChI=1S/C10H19NO4/c1-10(2)14-8-7(12)6(5-11(3)4)13-9(8)15-10/h6-9,12H,5H2,1-4H3/t6-,7-,8+,9-/m1/s1. The first-order valence-corrected chi connectivity index (χ1v) is 5.23. The molecule has 1 N–H and O–H groups in total. The van der Waals surface area contributed by atoms with Gasteiger partial charge in [0, 0.05) is 6.54 Å². The van der Waals surface area contributed by atoms with Crippen LogP contribution in [0.5, 0.6) is 0 Å². The molecule has 2 saturated heterocycles. The molecule has 0 aromatic heterocycles. The average Bonchev–Trinajstić information content (AvgIpc) is 2.48. The maximum Gasteiger partial charge on any atom is 0.190 e. The Morgan fingerprint density at radius 3 is 2.47 bits per heavy atom. The first kappa shape index (κ1) is 11.3. The first-order chi connectivity index (χ1) is 6.89.